The molecule has 1 saturated heterocycles. The van der Waals surface area contributed by atoms with Gasteiger partial charge in [-0.15, -0.1) is 0 Å². The van der Waals surface area contributed by atoms with Crippen LogP contribution >= 0.6 is 0 Å². The first kappa shape index (κ1) is 9.17. The Bertz CT molecular complexity index is 302. The zero-order valence-corrected chi connectivity index (χ0v) is 6.71. The van der Waals surface area contributed by atoms with Crippen molar-refractivity contribution >= 4 is 23.8 Å². The second kappa shape index (κ2) is 2.54. The highest BCUT2D eigenvalue weighted by Gasteiger charge is 2.51. The molecule has 1 aliphatic heterocycles. The third kappa shape index (κ3) is 1.13. The molecule has 7 nitrogen and oxygen atoms in total. The Labute approximate surface area is 72.6 Å². The summed E-state index contributed by atoms with van der Waals surface area (Å²) in [5.41, 5.74) is 2.85. The number of hydrogen-bond donors (Lipinski definition) is 3. The second-order valence-electron chi connectivity index (χ2n) is 2.73. The molecule has 1 heterocycles. The summed E-state index contributed by atoms with van der Waals surface area (Å²) in [5.74, 6) is -3.11. The number of barbiturate groups is 1. The Kier molecular flexibility index (Phi) is 1.79. The highest BCUT2D eigenvalue weighted by molar-refractivity contribution is 6.29. The summed E-state index contributed by atoms with van der Waals surface area (Å²) in [6.45, 7) is 1.05. The maximum Gasteiger partial charge on any atom is 0.328 e. The molecule has 0 aromatic carbocycles. The van der Waals surface area contributed by atoms with Gasteiger partial charge in [0, 0.05) is 0 Å². The lowest BCUT2D eigenvalue weighted by molar-refractivity contribution is -0.149. The van der Waals surface area contributed by atoms with Gasteiger partial charge in [0.25, 0.3) is 11.8 Å². The normalized spacial score (nSPS) is 20.5. The molecule has 1 fully saturated rings. The van der Waals surface area contributed by atoms with Gasteiger partial charge in [0.2, 0.25) is 11.3 Å². The van der Waals surface area contributed by atoms with Crippen LogP contribution in [0.15, 0.2) is 0 Å². The van der Waals surface area contributed by atoms with E-state index in [1.165, 1.54) is 0 Å². The molecule has 0 radical (unpaired) electrons. The van der Waals surface area contributed by atoms with Crippen LogP contribution in [-0.4, -0.2) is 23.8 Å². The van der Waals surface area contributed by atoms with Crippen LogP contribution in [0.4, 0.5) is 4.79 Å². The molecule has 0 bridgehead atoms. The Morgan fingerprint density at radius 2 is 1.62 bits per heavy atom. The van der Waals surface area contributed by atoms with E-state index in [2.05, 4.69) is 0 Å². The van der Waals surface area contributed by atoms with Crippen LogP contribution in [0, 0.1) is 5.41 Å². The molecule has 0 atom stereocenters. The maximum atomic E-state index is 11.1. The number of urea groups is 1. The lowest BCUT2D eigenvalue weighted by Gasteiger charge is -2.26. The molecule has 0 spiro atoms. The van der Waals surface area contributed by atoms with Crippen LogP contribution in [0.25, 0.3) is 0 Å². The van der Waals surface area contributed by atoms with Crippen molar-refractivity contribution in [3.63, 3.8) is 0 Å². The van der Waals surface area contributed by atoms with Crippen LogP contribution in [0.5, 0.6) is 0 Å². The first-order chi connectivity index (χ1) is 5.89. The number of hydrogen-bond acceptors (Lipinski definition) is 4. The van der Waals surface area contributed by atoms with Crippen LogP contribution in [0.2, 0.25) is 0 Å². The Hall–Kier alpha value is -1.92. The molecule has 0 aromatic heterocycles. The number of primary amides is 1. The topological polar surface area (TPSA) is 118 Å². The largest absolute Gasteiger partial charge is 0.368 e. The maximum absolute atomic E-state index is 11.1. The van der Waals surface area contributed by atoms with Crippen LogP contribution in [0.3, 0.4) is 0 Å². The minimum atomic E-state index is -2.01. The number of imide groups is 2. The molecule has 1 aliphatic rings. The Morgan fingerprint density at radius 3 is 1.92 bits per heavy atom. The van der Waals surface area contributed by atoms with E-state index in [1.807, 2.05) is 0 Å². The molecule has 7 heteroatoms. The van der Waals surface area contributed by atoms with Crippen LogP contribution in [-0.2, 0) is 14.4 Å². The molecule has 13 heavy (non-hydrogen) atoms. The zero-order valence-electron chi connectivity index (χ0n) is 6.71. The van der Waals surface area contributed by atoms with Crippen molar-refractivity contribution in [3.8, 4) is 0 Å². The number of carbonyl (C=O) groups excluding carboxylic acids is 4. The minimum absolute atomic E-state index is 0.950. The number of carbonyl (C=O) groups is 4. The highest BCUT2D eigenvalue weighted by Crippen LogP contribution is 2.18. The number of nitrogens with one attached hydrogen (secondary N) is 2. The van der Waals surface area contributed by atoms with Gasteiger partial charge in [-0.25, -0.2) is 4.79 Å². The van der Waals surface area contributed by atoms with Crippen molar-refractivity contribution in [2.24, 2.45) is 11.1 Å². The SMILES string of the molecule is CC1(C(N)=O)C(=O)NC(=O)NC1=O. The predicted molar refractivity (Wildman–Crippen MR) is 39.0 cm³/mol. The number of rotatable bonds is 1. The molecule has 4 N–H and O–H groups in total. The second-order valence-corrected chi connectivity index (χ2v) is 2.73. The molecular formula is C6H7N3O4. The molecule has 70 valence electrons. The van der Waals surface area contributed by atoms with Gasteiger partial charge in [-0.1, -0.05) is 0 Å². The fourth-order valence-electron chi connectivity index (χ4n) is 0.814. The zero-order chi connectivity index (χ0) is 10.2. The molecule has 0 unspecified atom stereocenters. The standard InChI is InChI=1S/C6H7N3O4/c1-6(2(7)10)3(11)8-5(13)9-4(6)12/h1H3,(H2,7,10)(H2,8,9,11,12,13). The van der Waals surface area contributed by atoms with Crippen molar-refractivity contribution in [2.75, 3.05) is 0 Å². The van der Waals surface area contributed by atoms with Gasteiger partial charge in [0.05, 0.1) is 0 Å². The summed E-state index contributed by atoms with van der Waals surface area (Å²) in [4.78, 5) is 43.5. The lowest BCUT2D eigenvalue weighted by Crippen LogP contribution is -2.65. The molecule has 0 aliphatic carbocycles. The summed E-state index contributed by atoms with van der Waals surface area (Å²) >= 11 is 0. The highest BCUT2D eigenvalue weighted by atomic mass is 16.2. The monoisotopic (exact) mass is 185 g/mol. The Morgan fingerprint density at radius 1 is 1.23 bits per heavy atom. The summed E-state index contributed by atoms with van der Waals surface area (Å²) < 4.78 is 0. The third-order valence-electron chi connectivity index (χ3n) is 1.86. The number of amides is 5. The third-order valence-corrected chi connectivity index (χ3v) is 1.86. The fourth-order valence-corrected chi connectivity index (χ4v) is 0.814. The quantitative estimate of drug-likeness (QED) is 0.403. The van der Waals surface area contributed by atoms with Gasteiger partial charge in [-0.05, 0) is 6.92 Å². The average Bonchev–Trinajstić information content (AvgIpc) is 1.99. The van der Waals surface area contributed by atoms with Gasteiger partial charge in [-0.3, -0.25) is 25.0 Å². The summed E-state index contributed by atoms with van der Waals surface area (Å²) in [7, 11) is 0. The van der Waals surface area contributed by atoms with Crippen molar-refractivity contribution in [3.05, 3.63) is 0 Å². The van der Waals surface area contributed by atoms with E-state index < -0.39 is 29.2 Å². The van der Waals surface area contributed by atoms with E-state index in [9.17, 15) is 19.2 Å². The predicted octanol–water partition coefficient (Wildman–Crippen LogP) is -2.16. The summed E-state index contributed by atoms with van der Waals surface area (Å²) in [6, 6.07) is -0.950. The fraction of sp³-hybridized carbons (Fsp3) is 0.333. The van der Waals surface area contributed by atoms with Crippen molar-refractivity contribution < 1.29 is 19.2 Å². The van der Waals surface area contributed by atoms with Gasteiger partial charge in [0.15, 0.2) is 0 Å². The molecule has 5 amide bonds. The summed E-state index contributed by atoms with van der Waals surface area (Å²) in [5, 5.41) is 3.54. The van der Waals surface area contributed by atoms with Gasteiger partial charge >= 0.3 is 6.03 Å². The van der Waals surface area contributed by atoms with Crippen molar-refractivity contribution in [1.82, 2.24) is 10.6 Å². The summed E-state index contributed by atoms with van der Waals surface area (Å²) in [6.07, 6.45) is 0. The van der Waals surface area contributed by atoms with E-state index in [1.54, 1.807) is 10.6 Å². The smallest absolute Gasteiger partial charge is 0.328 e. The molecule has 1 rings (SSSR count). The van der Waals surface area contributed by atoms with E-state index >= 15 is 0 Å². The average molecular weight is 185 g/mol. The molecular weight excluding hydrogens is 178 g/mol. The van der Waals surface area contributed by atoms with E-state index in [0.717, 1.165) is 6.92 Å². The lowest BCUT2D eigenvalue weighted by atomic mass is 9.86. The van der Waals surface area contributed by atoms with Gasteiger partial charge in [0.1, 0.15) is 0 Å². The molecule has 0 aromatic rings. The van der Waals surface area contributed by atoms with Crippen LogP contribution < -0.4 is 16.4 Å². The van der Waals surface area contributed by atoms with E-state index in [-0.39, 0.29) is 0 Å². The van der Waals surface area contributed by atoms with Gasteiger partial charge in [-0.2, -0.15) is 0 Å². The van der Waals surface area contributed by atoms with Crippen molar-refractivity contribution in [1.29, 1.82) is 0 Å². The van der Waals surface area contributed by atoms with Crippen LogP contribution in [0.1, 0.15) is 6.92 Å². The van der Waals surface area contributed by atoms with Gasteiger partial charge < -0.3 is 5.73 Å². The van der Waals surface area contributed by atoms with Crippen molar-refractivity contribution in [2.45, 2.75) is 6.92 Å². The minimum Gasteiger partial charge on any atom is -0.368 e. The first-order valence-corrected chi connectivity index (χ1v) is 3.36. The Balaban J connectivity index is 3.10. The van der Waals surface area contributed by atoms with E-state index in [4.69, 9.17) is 5.73 Å². The van der Waals surface area contributed by atoms with E-state index in [0.29, 0.717) is 0 Å². The molecule has 0 saturated carbocycles. The first-order valence-electron chi connectivity index (χ1n) is 3.36. The number of nitrogens with two attached hydrogens (primary N) is 1.